The van der Waals surface area contributed by atoms with Crippen LogP contribution in [-0.4, -0.2) is 38.2 Å². The van der Waals surface area contributed by atoms with Gasteiger partial charge < -0.3 is 10.1 Å². The fourth-order valence-corrected chi connectivity index (χ4v) is 4.18. The van der Waals surface area contributed by atoms with Crippen molar-refractivity contribution in [3.05, 3.63) is 53.1 Å². The lowest BCUT2D eigenvalue weighted by Gasteiger charge is -2.15. The van der Waals surface area contributed by atoms with Crippen LogP contribution in [-0.2, 0) is 14.8 Å². The highest BCUT2D eigenvalue weighted by Crippen LogP contribution is 2.30. The zero-order valence-electron chi connectivity index (χ0n) is 13.0. The molecule has 0 bridgehead atoms. The number of methoxy groups -OCH3 is 1. The largest absolute Gasteiger partial charge is 0.495 e. The Hall–Kier alpha value is -2.58. The molecule has 0 saturated carbocycles. The first-order valence-electron chi connectivity index (χ1n) is 7.14. The van der Waals surface area contributed by atoms with Crippen LogP contribution in [0.4, 0.5) is 5.69 Å². The normalized spacial score (nSPS) is 15.0. The molecule has 130 valence electrons. The van der Waals surface area contributed by atoms with Gasteiger partial charge in [0, 0.05) is 11.8 Å². The van der Waals surface area contributed by atoms with Gasteiger partial charge in [-0.05, 0) is 24.3 Å². The van der Waals surface area contributed by atoms with E-state index in [9.17, 15) is 18.0 Å². The summed E-state index contributed by atoms with van der Waals surface area (Å²) in [5.74, 6) is -1.02. The van der Waals surface area contributed by atoms with Crippen molar-refractivity contribution in [1.29, 1.82) is 0 Å². The van der Waals surface area contributed by atoms with Gasteiger partial charge in [0.2, 0.25) is 5.91 Å². The van der Waals surface area contributed by atoms with Crippen molar-refractivity contribution in [1.82, 2.24) is 4.31 Å². The minimum Gasteiger partial charge on any atom is -0.495 e. The summed E-state index contributed by atoms with van der Waals surface area (Å²) in [5.41, 5.74) is 0.427. The molecule has 9 heteroatoms. The number of carbonyl (C=O) groups is 2. The number of hydrogen-bond donors (Lipinski definition) is 1. The highest BCUT2D eigenvalue weighted by Gasteiger charge is 2.41. The fourth-order valence-electron chi connectivity index (χ4n) is 2.46. The molecule has 7 nitrogen and oxygen atoms in total. The molecule has 2 amide bonds. The predicted molar refractivity (Wildman–Crippen MR) is 91.3 cm³/mol. The van der Waals surface area contributed by atoms with Gasteiger partial charge in [-0.15, -0.1) is 0 Å². The number of rotatable bonds is 4. The van der Waals surface area contributed by atoms with Crippen LogP contribution in [0.3, 0.4) is 0 Å². The summed E-state index contributed by atoms with van der Waals surface area (Å²) in [5, 5.41) is 2.89. The van der Waals surface area contributed by atoms with Crippen LogP contribution in [0.1, 0.15) is 10.4 Å². The summed E-state index contributed by atoms with van der Waals surface area (Å²) in [6.45, 7) is -0.624. The summed E-state index contributed by atoms with van der Waals surface area (Å²) in [6.07, 6.45) is 0. The van der Waals surface area contributed by atoms with E-state index in [-0.39, 0.29) is 10.5 Å². The van der Waals surface area contributed by atoms with Crippen LogP contribution < -0.4 is 10.1 Å². The number of fused-ring (bicyclic) bond motifs is 1. The number of nitrogens with one attached hydrogen (secondary N) is 1. The van der Waals surface area contributed by atoms with Crippen LogP contribution in [0.25, 0.3) is 0 Å². The Morgan fingerprint density at radius 3 is 2.64 bits per heavy atom. The maximum Gasteiger partial charge on any atom is 0.269 e. The number of hydrogen-bond acceptors (Lipinski definition) is 5. The number of amides is 2. The van der Waals surface area contributed by atoms with Crippen molar-refractivity contribution in [3.8, 4) is 5.75 Å². The molecule has 0 aliphatic carbocycles. The van der Waals surface area contributed by atoms with Gasteiger partial charge in [-0.2, -0.15) is 0 Å². The van der Waals surface area contributed by atoms with E-state index in [4.69, 9.17) is 16.3 Å². The summed E-state index contributed by atoms with van der Waals surface area (Å²) < 4.78 is 30.4. The molecular weight excluding hydrogens is 368 g/mol. The van der Waals surface area contributed by atoms with Gasteiger partial charge in [-0.1, -0.05) is 23.7 Å². The van der Waals surface area contributed by atoms with Crippen molar-refractivity contribution in [2.45, 2.75) is 4.90 Å². The smallest absolute Gasteiger partial charge is 0.269 e. The van der Waals surface area contributed by atoms with Crippen molar-refractivity contribution in [3.63, 3.8) is 0 Å². The minimum absolute atomic E-state index is 0.0588. The number of halogens is 1. The molecule has 0 fully saturated rings. The lowest BCUT2D eigenvalue weighted by atomic mass is 10.2. The summed E-state index contributed by atoms with van der Waals surface area (Å²) in [6, 6.07) is 10.4. The quantitative estimate of drug-likeness (QED) is 0.877. The topological polar surface area (TPSA) is 92.8 Å². The Kier molecular flexibility index (Phi) is 4.40. The Bertz CT molecular complexity index is 974. The van der Waals surface area contributed by atoms with E-state index in [0.717, 1.165) is 0 Å². The number of nitrogens with zero attached hydrogens (tertiary/aromatic N) is 1. The molecule has 2 aromatic carbocycles. The average Bonchev–Trinajstić information content (AvgIpc) is 2.78. The Morgan fingerprint density at radius 2 is 1.96 bits per heavy atom. The van der Waals surface area contributed by atoms with Crippen molar-refractivity contribution in [2.75, 3.05) is 19.0 Å². The molecule has 0 radical (unpaired) electrons. The molecule has 0 unspecified atom stereocenters. The van der Waals surface area contributed by atoms with Gasteiger partial charge in [0.1, 0.15) is 17.2 Å². The second kappa shape index (κ2) is 6.38. The monoisotopic (exact) mass is 380 g/mol. The zero-order chi connectivity index (χ0) is 18.2. The number of benzene rings is 2. The Balaban J connectivity index is 1.79. The molecule has 25 heavy (non-hydrogen) atoms. The summed E-state index contributed by atoms with van der Waals surface area (Å²) in [7, 11) is -2.60. The van der Waals surface area contributed by atoms with Crippen molar-refractivity contribution >= 4 is 39.1 Å². The molecular formula is C16H13ClN2O5S. The second-order valence-corrected chi connectivity index (χ2v) is 7.45. The molecule has 1 N–H and O–H groups in total. The molecule has 1 aliphatic heterocycles. The van der Waals surface area contributed by atoms with E-state index in [1.54, 1.807) is 6.07 Å². The van der Waals surface area contributed by atoms with Crippen LogP contribution in [0, 0.1) is 0 Å². The van der Waals surface area contributed by atoms with E-state index in [2.05, 4.69) is 5.32 Å². The second-order valence-electron chi connectivity index (χ2n) is 5.21. The summed E-state index contributed by atoms with van der Waals surface area (Å²) >= 11 is 5.91. The lowest BCUT2D eigenvalue weighted by molar-refractivity contribution is -0.116. The molecule has 0 atom stereocenters. The van der Waals surface area contributed by atoms with Crippen LogP contribution >= 0.6 is 11.6 Å². The first-order chi connectivity index (χ1) is 11.8. The number of anilines is 1. The standard InChI is InChI=1S/C16H13ClN2O5S/c1-24-13-8-10(6-7-12(13)17)18-15(20)9-19-16(21)11-4-2-3-5-14(11)25(19,22)23/h2-8H,9H2,1H3,(H,18,20). The number of ether oxygens (including phenoxy) is 1. The van der Waals surface area contributed by atoms with E-state index in [1.165, 1.54) is 43.5 Å². The Morgan fingerprint density at radius 1 is 1.24 bits per heavy atom. The predicted octanol–water partition coefficient (Wildman–Crippen LogP) is 2.13. The third-order valence-electron chi connectivity index (χ3n) is 3.63. The van der Waals surface area contributed by atoms with Crippen molar-refractivity contribution in [2.24, 2.45) is 0 Å². The number of sulfonamides is 1. The Labute approximate surface area is 149 Å². The molecule has 0 spiro atoms. The van der Waals surface area contributed by atoms with E-state index < -0.39 is 28.4 Å². The van der Waals surface area contributed by atoms with Gasteiger partial charge in [0.25, 0.3) is 15.9 Å². The molecule has 0 saturated heterocycles. The van der Waals surface area contributed by atoms with Gasteiger partial charge in [0.05, 0.1) is 17.7 Å². The van der Waals surface area contributed by atoms with Gasteiger partial charge >= 0.3 is 0 Å². The van der Waals surface area contributed by atoms with Crippen LogP contribution in [0.15, 0.2) is 47.4 Å². The van der Waals surface area contributed by atoms with E-state index >= 15 is 0 Å². The van der Waals surface area contributed by atoms with E-state index in [0.29, 0.717) is 20.8 Å². The fraction of sp³-hybridized carbons (Fsp3) is 0.125. The van der Waals surface area contributed by atoms with Crippen LogP contribution in [0.5, 0.6) is 5.75 Å². The molecule has 2 aromatic rings. The highest BCUT2D eigenvalue weighted by atomic mass is 35.5. The highest BCUT2D eigenvalue weighted by molar-refractivity contribution is 7.90. The molecule has 1 aliphatic rings. The molecule has 1 heterocycles. The lowest BCUT2D eigenvalue weighted by Crippen LogP contribution is -2.37. The third kappa shape index (κ3) is 3.06. The van der Waals surface area contributed by atoms with Crippen molar-refractivity contribution < 1.29 is 22.7 Å². The number of carbonyl (C=O) groups excluding carboxylic acids is 2. The van der Waals surface area contributed by atoms with Crippen LogP contribution in [0.2, 0.25) is 5.02 Å². The third-order valence-corrected chi connectivity index (χ3v) is 5.73. The van der Waals surface area contributed by atoms with Gasteiger partial charge in [-0.3, -0.25) is 9.59 Å². The molecule has 3 rings (SSSR count). The SMILES string of the molecule is COc1cc(NC(=O)CN2C(=O)c3ccccc3S2(=O)=O)ccc1Cl. The average molecular weight is 381 g/mol. The first kappa shape index (κ1) is 17.2. The summed E-state index contributed by atoms with van der Waals surface area (Å²) in [4.78, 5) is 24.4. The minimum atomic E-state index is -4.03. The first-order valence-corrected chi connectivity index (χ1v) is 8.96. The van der Waals surface area contributed by atoms with Gasteiger partial charge in [-0.25, -0.2) is 12.7 Å². The maximum atomic E-state index is 12.4. The van der Waals surface area contributed by atoms with E-state index in [1.807, 2.05) is 0 Å². The van der Waals surface area contributed by atoms with Gasteiger partial charge in [0.15, 0.2) is 0 Å². The molecule has 0 aromatic heterocycles. The maximum absolute atomic E-state index is 12.4. The zero-order valence-corrected chi connectivity index (χ0v) is 14.6.